The molecule has 0 aliphatic rings. The number of carbonyl (C=O) groups is 2. The lowest BCUT2D eigenvalue weighted by molar-refractivity contribution is -0.151. The van der Waals surface area contributed by atoms with Crippen LogP contribution in [0.3, 0.4) is 0 Å². The van der Waals surface area contributed by atoms with Crippen molar-refractivity contribution in [3.63, 3.8) is 0 Å². The van der Waals surface area contributed by atoms with Gasteiger partial charge >= 0.3 is 11.9 Å². The van der Waals surface area contributed by atoms with E-state index in [1.807, 2.05) is 49.3 Å². The quantitative estimate of drug-likeness (QED) is 0.287. The molecule has 2 aromatic rings. The van der Waals surface area contributed by atoms with Gasteiger partial charge in [0, 0.05) is 19.4 Å². The summed E-state index contributed by atoms with van der Waals surface area (Å²) >= 11 is 0. The SMILES string of the molecule is COc1ccc(CCc2ccccc2OC[C@@H](CN(C)C)OC(=O)CCCCCC(=O)O)cc1. The van der Waals surface area contributed by atoms with Crippen molar-refractivity contribution >= 4 is 11.9 Å². The van der Waals surface area contributed by atoms with E-state index in [0.29, 0.717) is 25.8 Å². The molecule has 34 heavy (non-hydrogen) atoms. The number of aryl methyl sites for hydroxylation is 2. The van der Waals surface area contributed by atoms with Crippen molar-refractivity contribution in [1.82, 2.24) is 4.90 Å². The van der Waals surface area contributed by atoms with E-state index in [-0.39, 0.29) is 25.4 Å². The van der Waals surface area contributed by atoms with Gasteiger partial charge in [-0.1, -0.05) is 36.8 Å². The van der Waals surface area contributed by atoms with Crippen molar-refractivity contribution in [3.8, 4) is 11.5 Å². The largest absolute Gasteiger partial charge is 0.497 e. The van der Waals surface area contributed by atoms with Crippen LogP contribution in [0.15, 0.2) is 48.5 Å². The van der Waals surface area contributed by atoms with Gasteiger partial charge in [-0.05, 0) is 69.1 Å². The number of rotatable bonds is 16. The number of ether oxygens (including phenoxy) is 3. The average molecular weight is 472 g/mol. The first-order valence-electron chi connectivity index (χ1n) is 11.8. The number of para-hydroxylation sites is 1. The zero-order valence-electron chi connectivity index (χ0n) is 20.5. The van der Waals surface area contributed by atoms with E-state index >= 15 is 0 Å². The molecule has 0 aliphatic carbocycles. The number of nitrogens with zero attached hydrogens (tertiary/aromatic N) is 1. The highest BCUT2D eigenvalue weighted by Crippen LogP contribution is 2.21. The molecule has 0 heterocycles. The van der Waals surface area contributed by atoms with E-state index in [9.17, 15) is 9.59 Å². The van der Waals surface area contributed by atoms with Crippen molar-refractivity contribution in [1.29, 1.82) is 0 Å². The van der Waals surface area contributed by atoms with Crippen molar-refractivity contribution in [2.24, 2.45) is 0 Å². The number of hydrogen-bond acceptors (Lipinski definition) is 6. The number of aliphatic carboxylic acids is 1. The van der Waals surface area contributed by atoms with Gasteiger partial charge in [-0.2, -0.15) is 0 Å². The molecule has 0 radical (unpaired) electrons. The molecule has 0 aromatic heterocycles. The fourth-order valence-electron chi connectivity index (χ4n) is 3.60. The molecule has 2 aromatic carbocycles. The Kier molecular flexibility index (Phi) is 12.0. The number of carboxylic acid groups (broad SMARTS) is 1. The van der Waals surface area contributed by atoms with Gasteiger partial charge in [0.15, 0.2) is 0 Å². The number of esters is 1. The first-order chi connectivity index (χ1) is 16.4. The third kappa shape index (κ3) is 10.7. The van der Waals surface area contributed by atoms with Crippen LogP contribution in [0, 0.1) is 0 Å². The highest BCUT2D eigenvalue weighted by molar-refractivity contribution is 5.69. The molecule has 0 spiro atoms. The topological polar surface area (TPSA) is 85.3 Å². The second-order valence-corrected chi connectivity index (χ2v) is 8.60. The van der Waals surface area contributed by atoms with Crippen molar-refractivity contribution in [2.45, 2.75) is 51.0 Å². The highest BCUT2D eigenvalue weighted by Gasteiger charge is 2.17. The average Bonchev–Trinajstić information content (AvgIpc) is 2.81. The van der Waals surface area contributed by atoms with E-state index < -0.39 is 12.1 Å². The second-order valence-electron chi connectivity index (χ2n) is 8.60. The van der Waals surface area contributed by atoms with Crippen LogP contribution in [0.4, 0.5) is 0 Å². The lowest BCUT2D eigenvalue weighted by Crippen LogP contribution is -2.35. The predicted molar refractivity (Wildman–Crippen MR) is 131 cm³/mol. The molecule has 1 N–H and O–H groups in total. The van der Waals surface area contributed by atoms with Crippen LogP contribution in [-0.4, -0.2) is 62.4 Å². The summed E-state index contributed by atoms with van der Waals surface area (Å²) in [4.78, 5) is 24.8. The Morgan fingerprint density at radius 1 is 0.941 bits per heavy atom. The standard InChI is InChI=1S/C27H37NO6/c1-28(2)19-24(34-27(31)12-6-4-5-11-26(29)30)20-33-25-10-8-7-9-22(25)16-13-21-14-17-23(32-3)18-15-21/h7-10,14-15,17-18,24H,4-6,11-13,16,19-20H2,1-3H3,(H,29,30)/t24-/m1/s1. The van der Waals surface area contributed by atoms with Gasteiger partial charge < -0.3 is 24.2 Å². The van der Waals surface area contributed by atoms with Crippen LogP contribution in [-0.2, 0) is 27.2 Å². The number of methoxy groups -OCH3 is 1. The predicted octanol–water partition coefficient (Wildman–Crippen LogP) is 4.37. The summed E-state index contributed by atoms with van der Waals surface area (Å²) in [6, 6.07) is 16.0. The van der Waals surface area contributed by atoms with Gasteiger partial charge in [0.1, 0.15) is 24.2 Å². The summed E-state index contributed by atoms with van der Waals surface area (Å²) in [5, 5.41) is 8.69. The van der Waals surface area contributed by atoms with Gasteiger partial charge in [-0.15, -0.1) is 0 Å². The molecule has 7 nitrogen and oxygen atoms in total. The fraction of sp³-hybridized carbons (Fsp3) is 0.481. The smallest absolute Gasteiger partial charge is 0.306 e. The van der Waals surface area contributed by atoms with Crippen LogP contribution in [0.25, 0.3) is 0 Å². The minimum absolute atomic E-state index is 0.129. The third-order valence-corrected chi connectivity index (χ3v) is 5.38. The molecule has 0 bridgehead atoms. The first-order valence-corrected chi connectivity index (χ1v) is 11.8. The number of benzene rings is 2. The summed E-state index contributed by atoms with van der Waals surface area (Å²) in [6.07, 6.45) is 3.61. The van der Waals surface area contributed by atoms with Crippen molar-refractivity contribution in [2.75, 3.05) is 34.4 Å². The number of carbonyl (C=O) groups excluding carboxylic acids is 1. The maximum absolute atomic E-state index is 12.3. The minimum Gasteiger partial charge on any atom is -0.497 e. The molecule has 0 aliphatic heterocycles. The van der Waals surface area contributed by atoms with Crippen LogP contribution in [0.5, 0.6) is 11.5 Å². The molecule has 0 amide bonds. The number of unbranched alkanes of at least 4 members (excludes halogenated alkanes) is 2. The zero-order valence-corrected chi connectivity index (χ0v) is 20.5. The maximum Gasteiger partial charge on any atom is 0.306 e. The third-order valence-electron chi connectivity index (χ3n) is 5.38. The molecule has 7 heteroatoms. The summed E-state index contributed by atoms with van der Waals surface area (Å²) < 4.78 is 17.0. The monoisotopic (exact) mass is 471 g/mol. The number of likely N-dealkylation sites (N-methyl/N-ethyl adjacent to an activating group) is 1. The molecule has 0 unspecified atom stereocenters. The molecule has 0 saturated heterocycles. The number of hydrogen-bond donors (Lipinski definition) is 1. The Labute approximate surface area is 202 Å². The normalized spacial score (nSPS) is 11.8. The molecular weight excluding hydrogens is 434 g/mol. The van der Waals surface area contributed by atoms with Crippen molar-refractivity contribution < 1.29 is 28.9 Å². The molecule has 1 atom stereocenters. The Bertz CT molecular complexity index is 881. The zero-order chi connectivity index (χ0) is 24.8. The van der Waals surface area contributed by atoms with E-state index in [1.54, 1.807) is 7.11 Å². The molecule has 0 fully saturated rings. The van der Waals surface area contributed by atoms with Gasteiger partial charge in [-0.25, -0.2) is 0 Å². The molecule has 186 valence electrons. The van der Waals surface area contributed by atoms with Crippen LogP contribution >= 0.6 is 0 Å². The van der Waals surface area contributed by atoms with E-state index in [2.05, 4.69) is 18.2 Å². The molecule has 0 saturated carbocycles. The van der Waals surface area contributed by atoms with Gasteiger partial charge in [-0.3, -0.25) is 9.59 Å². The summed E-state index contributed by atoms with van der Waals surface area (Å²) in [6.45, 7) is 0.821. The summed E-state index contributed by atoms with van der Waals surface area (Å²) in [7, 11) is 5.51. The van der Waals surface area contributed by atoms with Gasteiger partial charge in [0.2, 0.25) is 0 Å². The Morgan fingerprint density at radius 2 is 1.65 bits per heavy atom. The fourth-order valence-corrected chi connectivity index (χ4v) is 3.60. The Morgan fingerprint density at radius 3 is 2.32 bits per heavy atom. The summed E-state index contributed by atoms with van der Waals surface area (Å²) in [5.41, 5.74) is 2.32. The minimum atomic E-state index is -0.810. The molecule has 2 rings (SSSR count). The van der Waals surface area contributed by atoms with E-state index in [1.165, 1.54) is 5.56 Å². The van der Waals surface area contributed by atoms with E-state index in [0.717, 1.165) is 29.9 Å². The summed E-state index contributed by atoms with van der Waals surface area (Å²) in [5.74, 6) is 0.548. The lowest BCUT2D eigenvalue weighted by Gasteiger charge is -2.22. The second kappa shape index (κ2) is 15.0. The van der Waals surface area contributed by atoms with Crippen LogP contribution < -0.4 is 9.47 Å². The first kappa shape index (κ1) is 27.2. The highest BCUT2D eigenvalue weighted by atomic mass is 16.6. The van der Waals surface area contributed by atoms with Crippen LogP contribution in [0.2, 0.25) is 0 Å². The Hall–Kier alpha value is -3.06. The molecular formula is C27H37NO6. The van der Waals surface area contributed by atoms with Gasteiger partial charge in [0.05, 0.1) is 7.11 Å². The van der Waals surface area contributed by atoms with Crippen molar-refractivity contribution in [3.05, 3.63) is 59.7 Å². The van der Waals surface area contributed by atoms with E-state index in [4.69, 9.17) is 19.3 Å². The number of carboxylic acids is 1. The Balaban J connectivity index is 1.87. The lowest BCUT2D eigenvalue weighted by atomic mass is 10.0. The van der Waals surface area contributed by atoms with Gasteiger partial charge in [0.25, 0.3) is 0 Å². The maximum atomic E-state index is 12.3. The van der Waals surface area contributed by atoms with Crippen LogP contribution in [0.1, 0.15) is 43.2 Å².